The zero-order valence-corrected chi connectivity index (χ0v) is 11.5. The number of hydrogen-bond acceptors (Lipinski definition) is 6. The molecule has 1 fully saturated rings. The minimum atomic E-state index is 0.290. The molecule has 0 bridgehead atoms. The van der Waals surface area contributed by atoms with Crippen LogP contribution in [0, 0.1) is 0 Å². The molecular formula is C14H18N4O2. The van der Waals surface area contributed by atoms with Gasteiger partial charge in [0, 0.05) is 31.5 Å². The molecule has 20 heavy (non-hydrogen) atoms. The molecule has 1 unspecified atom stereocenters. The van der Waals surface area contributed by atoms with E-state index in [1.165, 1.54) is 5.56 Å². The van der Waals surface area contributed by atoms with Gasteiger partial charge < -0.3 is 9.26 Å². The largest absolute Gasteiger partial charge is 0.381 e. The van der Waals surface area contributed by atoms with Gasteiger partial charge in [-0.3, -0.25) is 9.88 Å². The summed E-state index contributed by atoms with van der Waals surface area (Å²) in [6.45, 7) is 2.96. The minimum Gasteiger partial charge on any atom is -0.381 e. The third kappa shape index (κ3) is 3.20. The summed E-state index contributed by atoms with van der Waals surface area (Å²) in [6.07, 6.45) is 4.58. The third-order valence-electron chi connectivity index (χ3n) is 3.39. The average Bonchev–Trinajstić information content (AvgIpc) is 3.10. The van der Waals surface area contributed by atoms with Crippen molar-refractivity contribution in [2.45, 2.75) is 25.4 Å². The fraction of sp³-hybridized carbons (Fsp3) is 0.500. The Balaban J connectivity index is 1.57. The van der Waals surface area contributed by atoms with Gasteiger partial charge in [0.2, 0.25) is 5.89 Å². The fourth-order valence-electron chi connectivity index (χ4n) is 2.32. The van der Waals surface area contributed by atoms with Crippen molar-refractivity contribution in [3.05, 3.63) is 41.8 Å². The Kier molecular flexibility index (Phi) is 4.03. The van der Waals surface area contributed by atoms with Crippen LogP contribution in [0.4, 0.5) is 0 Å². The number of pyridine rings is 1. The van der Waals surface area contributed by atoms with Crippen LogP contribution in [0.5, 0.6) is 0 Å². The molecule has 0 spiro atoms. The molecule has 0 aromatic carbocycles. The molecule has 0 radical (unpaired) electrons. The number of ether oxygens (including phenoxy) is 1. The normalized spacial score (nSPS) is 18.8. The molecule has 6 nitrogen and oxygen atoms in total. The molecule has 3 heterocycles. The van der Waals surface area contributed by atoms with Crippen molar-refractivity contribution in [1.29, 1.82) is 0 Å². The summed E-state index contributed by atoms with van der Waals surface area (Å²) in [4.78, 5) is 10.6. The quantitative estimate of drug-likeness (QED) is 0.825. The first-order valence-corrected chi connectivity index (χ1v) is 6.79. The van der Waals surface area contributed by atoms with Crippen molar-refractivity contribution < 1.29 is 9.26 Å². The smallest absolute Gasteiger partial charge is 0.240 e. The molecule has 0 aliphatic carbocycles. The Labute approximate surface area is 117 Å². The first kappa shape index (κ1) is 13.2. The third-order valence-corrected chi connectivity index (χ3v) is 3.39. The van der Waals surface area contributed by atoms with E-state index in [1.807, 2.05) is 19.2 Å². The van der Waals surface area contributed by atoms with Crippen molar-refractivity contribution in [1.82, 2.24) is 20.0 Å². The lowest BCUT2D eigenvalue weighted by molar-refractivity contribution is 0.192. The first-order chi connectivity index (χ1) is 9.81. The highest BCUT2D eigenvalue weighted by Gasteiger charge is 2.23. The van der Waals surface area contributed by atoms with Crippen LogP contribution in [-0.4, -0.2) is 40.3 Å². The van der Waals surface area contributed by atoms with Crippen molar-refractivity contribution in [2.75, 3.05) is 20.3 Å². The molecule has 1 aliphatic heterocycles. The SMILES string of the molecule is CN(Cc1ccncc1)Cc1nc(C2CCOC2)no1. The standard InChI is InChI=1S/C14H18N4O2/c1-18(8-11-2-5-15-6-3-11)9-13-16-14(17-20-13)12-4-7-19-10-12/h2-3,5-6,12H,4,7-10H2,1H3. The van der Waals surface area contributed by atoms with E-state index in [4.69, 9.17) is 9.26 Å². The van der Waals surface area contributed by atoms with E-state index in [0.717, 1.165) is 25.4 Å². The Bertz CT molecular complexity index is 537. The molecule has 1 saturated heterocycles. The van der Waals surface area contributed by atoms with Crippen LogP contribution >= 0.6 is 0 Å². The van der Waals surface area contributed by atoms with Gasteiger partial charge in [-0.05, 0) is 31.2 Å². The topological polar surface area (TPSA) is 64.3 Å². The number of aromatic nitrogens is 3. The molecule has 2 aromatic heterocycles. The molecule has 1 aliphatic rings. The van der Waals surface area contributed by atoms with Gasteiger partial charge >= 0.3 is 0 Å². The van der Waals surface area contributed by atoms with Gasteiger partial charge in [-0.1, -0.05) is 5.16 Å². The highest BCUT2D eigenvalue weighted by molar-refractivity contribution is 5.09. The highest BCUT2D eigenvalue weighted by Crippen LogP contribution is 2.22. The van der Waals surface area contributed by atoms with Crippen LogP contribution in [-0.2, 0) is 17.8 Å². The first-order valence-electron chi connectivity index (χ1n) is 6.79. The predicted molar refractivity (Wildman–Crippen MR) is 71.9 cm³/mol. The molecule has 6 heteroatoms. The number of rotatable bonds is 5. The monoisotopic (exact) mass is 274 g/mol. The zero-order valence-electron chi connectivity index (χ0n) is 11.5. The maximum atomic E-state index is 5.34. The van der Waals surface area contributed by atoms with E-state index < -0.39 is 0 Å². The summed E-state index contributed by atoms with van der Waals surface area (Å²) in [5.41, 5.74) is 1.21. The summed E-state index contributed by atoms with van der Waals surface area (Å²) in [5.74, 6) is 1.72. The van der Waals surface area contributed by atoms with Crippen LogP contribution in [0.15, 0.2) is 29.0 Å². The van der Waals surface area contributed by atoms with Crippen LogP contribution in [0.25, 0.3) is 0 Å². The molecule has 0 amide bonds. The molecule has 0 saturated carbocycles. The number of nitrogens with zero attached hydrogens (tertiary/aromatic N) is 4. The summed E-state index contributed by atoms with van der Waals surface area (Å²) in [7, 11) is 2.03. The van der Waals surface area contributed by atoms with Crippen molar-refractivity contribution >= 4 is 0 Å². The molecule has 0 N–H and O–H groups in total. The van der Waals surface area contributed by atoms with Crippen LogP contribution < -0.4 is 0 Å². The second-order valence-corrected chi connectivity index (χ2v) is 5.13. The second kappa shape index (κ2) is 6.11. The van der Waals surface area contributed by atoms with Crippen LogP contribution in [0.2, 0.25) is 0 Å². The Morgan fingerprint density at radius 2 is 2.15 bits per heavy atom. The van der Waals surface area contributed by atoms with E-state index >= 15 is 0 Å². The van der Waals surface area contributed by atoms with E-state index in [-0.39, 0.29) is 5.92 Å². The van der Waals surface area contributed by atoms with E-state index in [9.17, 15) is 0 Å². The molecular weight excluding hydrogens is 256 g/mol. The van der Waals surface area contributed by atoms with Crippen LogP contribution in [0.1, 0.15) is 29.6 Å². The van der Waals surface area contributed by atoms with Gasteiger partial charge in [-0.15, -0.1) is 0 Å². The Morgan fingerprint density at radius 3 is 2.90 bits per heavy atom. The van der Waals surface area contributed by atoms with E-state index in [2.05, 4.69) is 20.0 Å². The summed E-state index contributed by atoms with van der Waals surface area (Å²) in [5, 5.41) is 4.06. The molecule has 1 atom stereocenters. The minimum absolute atomic E-state index is 0.290. The Morgan fingerprint density at radius 1 is 1.30 bits per heavy atom. The van der Waals surface area contributed by atoms with Crippen molar-refractivity contribution in [3.63, 3.8) is 0 Å². The van der Waals surface area contributed by atoms with Gasteiger partial charge in [0.05, 0.1) is 13.2 Å². The van der Waals surface area contributed by atoms with Gasteiger partial charge in [0.15, 0.2) is 5.82 Å². The van der Waals surface area contributed by atoms with E-state index in [0.29, 0.717) is 19.0 Å². The lowest BCUT2D eigenvalue weighted by Crippen LogP contribution is -2.17. The highest BCUT2D eigenvalue weighted by atomic mass is 16.5. The molecule has 3 rings (SSSR count). The van der Waals surface area contributed by atoms with Gasteiger partial charge in [-0.25, -0.2) is 0 Å². The van der Waals surface area contributed by atoms with Crippen molar-refractivity contribution in [3.8, 4) is 0 Å². The summed E-state index contributed by atoms with van der Waals surface area (Å²) in [6, 6.07) is 4.01. The average molecular weight is 274 g/mol. The van der Waals surface area contributed by atoms with Gasteiger partial charge in [0.1, 0.15) is 0 Å². The predicted octanol–water partition coefficient (Wildman–Crippen LogP) is 1.60. The summed E-state index contributed by atoms with van der Waals surface area (Å²) >= 11 is 0. The van der Waals surface area contributed by atoms with E-state index in [1.54, 1.807) is 12.4 Å². The maximum absolute atomic E-state index is 5.34. The van der Waals surface area contributed by atoms with Crippen molar-refractivity contribution in [2.24, 2.45) is 0 Å². The molecule has 106 valence electrons. The summed E-state index contributed by atoms with van der Waals surface area (Å²) < 4.78 is 10.7. The molecule has 2 aromatic rings. The number of hydrogen-bond donors (Lipinski definition) is 0. The lowest BCUT2D eigenvalue weighted by Gasteiger charge is -2.13. The fourth-order valence-corrected chi connectivity index (χ4v) is 2.32. The second-order valence-electron chi connectivity index (χ2n) is 5.13. The van der Waals surface area contributed by atoms with Crippen LogP contribution in [0.3, 0.4) is 0 Å². The maximum Gasteiger partial charge on any atom is 0.240 e. The van der Waals surface area contributed by atoms with Gasteiger partial charge in [-0.2, -0.15) is 4.98 Å². The van der Waals surface area contributed by atoms with Gasteiger partial charge in [0.25, 0.3) is 0 Å². The lowest BCUT2D eigenvalue weighted by atomic mass is 10.1. The Hall–Kier alpha value is -1.79. The zero-order chi connectivity index (χ0) is 13.8.